The van der Waals surface area contributed by atoms with Crippen molar-refractivity contribution in [2.24, 2.45) is 0 Å². The molecule has 282 valence electrons. The summed E-state index contributed by atoms with van der Waals surface area (Å²) in [5.74, 6) is 3.67. The van der Waals surface area contributed by atoms with E-state index in [4.69, 9.17) is 9.47 Å². The van der Waals surface area contributed by atoms with Crippen LogP contribution in [0.15, 0.2) is 103 Å². The van der Waals surface area contributed by atoms with Crippen molar-refractivity contribution in [1.29, 1.82) is 0 Å². The molecular formula is C52H54BNO2. The highest BCUT2D eigenvalue weighted by Gasteiger charge is 2.49. The first-order valence-electron chi connectivity index (χ1n) is 20.6. The summed E-state index contributed by atoms with van der Waals surface area (Å²) in [7, 11) is 0. The Morgan fingerprint density at radius 3 is 1.45 bits per heavy atom. The highest BCUT2D eigenvalue weighted by Crippen LogP contribution is 2.53. The summed E-state index contributed by atoms with van der Waals surface area (Å²) in [6.07, 6.45) is 2.22. The molecule has 0 amide bonds. The minimum absolute atomic E-state index is 0.00337. The van der Waals surface area contributed by atoms with Gasteiger partial charge >= 0.3 is 0 Å². The molecular weight excluding hydrogens is 681 g/mol. The SMILES string of the molecule is CC(C)(C)c1ccc(N(c2cc3c4c(c2)Oc2cc5c(cc2B4c2cc4c(cc2O3)C(C)(C)CC4(C)C)C(C)(C)CC5(C)C)c2ccc3ccccc3c2)cc1. The zero-order chi connectivity index (χ0) is 39.3. The highest BCUT2D eigenvalue weighted by molar-refractivity contribution is 6.98. The number of benzene rings is 6. The molecule has 0 atom stereocenters. The fraction of sp³-hybridized carbons (Fsp3) is 0.346. The van der Waals surface area contributed by atoms with Crippen molar-refractivity contribution < 1.29 is 9.47 Å². The van der Waals surface area contributed by atoms with Gasteiger partial charge in [-0.15, -0.1) is 0 Å². The van der Waals surface area contributed by atoms with E-state index in [0.29, 0.717) is 0 Å². The van der Waals surface area contributed by atoms with E-state index in [1.807, 2.05) is 0 Å². The molecule has 4 aliphatic rings. The van der Waals surface area contributed by atoms with Crippen LogP contribution in [-0.2, 0) is 27.1 Å². The summed E-state index contributed by atoms with van der Waals surface area (Å²) in [6.45, 7) is 26.0. The molecule has 2 aliphatic heterocycles. The number of anilines is 3. The van der Waals surface area contributed by atoms with E-state index in [9.17, 15) is 0 Å². The van der Waals surface area contributed by atoms with Crippen molar-refractivity contribution in [2.45, 2.75) is 116 Å². The van der Waals surface area contributed by atoms with Crippen molar-refractivity contribution in [3.63, 3.8) is 0 Å². The van der Waals surface area contributed by atoms with E-state index in [-0.39, 0.29) is 33.8 Å². The first-order chi connectivity index (χ1) is 26.3. The smallest absolute Gasteiger partial charge is 0.260 e. The number of hydrogen-bond acceptors (Lipinski definition) is 3. The Hall–Kier alpha value is -4.96. The van der Waals surface area contributed by atoms with Crippen molar-refractivity contribution in [3.8, 4) is 23.0 Å². The molecule has 10 rings (SSSR count). The van der Waals surface area contributed by atoms with Gasteiger partial charge in [0.05, 0.1) is 5.69 Å². The van der Waals surface area contributed by atoms with Gasteiger partial charge in [0.15, 0.2) is 0 Å². The molecule has 0 N–H and O–H groups in total. The Morgan fingerprint density at radius 2 is 0.946 bits per heavy atom. The quantitative estimate of drug-likeness (QED) is 0.169. The molecule has 0 bridgehead atoms. The van der Waals surface area contributed by atoms with Crippen LogP contribution in [0.3, 0.4) is 0 Å². The molecule has 0 fully saturated rings. The minimum Gasteiger partial charge on any atom is -0.458 e. The zero-order valence-corrected chi connectivity index (χ0v) is 35.1. The molecule has 2 aliphatic carbocycles. The van der Waals surface area contributed by atoms with Gasteiger partial charge in [-0.1, -0.05) is 131 Å². The van der Waals surface area contributed by atoms with Gasteiger partial charge in [0.25, 0.3) is 6.71 Å². The van der Waals surface area contributed by atoms with Crippen LogP contribution in [0.1, 0.15) is 117 Å². The average molecular weight is 736 g/mol. The van der Waals surface area contributed by atoms with Gasteiger partial charge in [0.2, 0.25) is 0 Å². The van der Waals surface area contributed by atoms with Gasteiger partial charge in [0.1, 0.15) is 23.0 Å². The maximum atomic E-state index is 7.18. The molecule has 2 heterocycles. The normalized spacial score (nSPS) is 18.6. The van der Waals surface area contributed by atoms with E-state index in [1.165, 1.54) is 49.5 Å². The van der Waals surface area contributed by atoms with Crippen LogP contribution in [-0.4, -0.2) is 6.71 Å². The number of fused-ring (bicyclic) bond motifs is 7. The van der Waals surface area contributed by atoms with Crippen LogP contribution < -0.4 is 30.8 Å². The third-order valence-corrected chi connectivity index (χ3v) is 13.7. The Balaban J connectivity index is 1.22. The molecule has 0 unspecified atom stereocenters. The first kappa shape index (κ1) is 35.5. The lowest BCUT2D eigenvalue weighted by atomic mass is 9.34. The summed E-state index contributed by atoms with van der Waals surface area (Å²) in [5, 5.41) is 2.43. The fourth-order valence-electron chi connectivity index (χ4n) is 11.4. The van der Waals surface area contributed by atoms with Crippen LogP contribution in [0.25, 0.3) is 10.8 Å². The highest BCUT2D eigenvalue weighted by atomic mass is 16.5. The lowest BCUT2D eigenvalue weighted by Gasteiger charge is -2.36. The minimum atomic E-state index is -0.00337. The predicted molar refractivity (Wildman–Crippen MR) is 236 cm³/mol. The van der Waals surface area contributed by atoms with Crippen LogP contribution in [0.4, 0.5) is 17.1 Å². The zero-order valence-electron chi connectivity index (χ0n) is 35.1. The summed E-state index contributed by atoms with van der Waals surface area (Å²) in [4.78, 5) is 2.37. The molecule has 6 aromatic rings. The summed E-state index contributed by atoms with van der Waals surface area (Å²) >= 11 is 0. The van der Waals surface area contributed by atoms with Crippen LogP contribution in [0.5, 0.6) is 23.0 Å². The van der Waals surface area contributed by atoms with E-state index in [1.54, 1.807) is 0 Å². The lowest BCUT2D eigenvalue weighted by molar-refractivity contribution is 0.402. The van der Waals surface area contributed by atoms with E-state index < -0.39 is 0 Å². The predicted octanol–water partition coefficient (Wildman–Crippen LogP) is 12.3. The van der Waals surface area contributed by atoms with Gasteiger partial charge in [-0.25, -0.2) is 0 Å². The van der Waals surface area contributed by atoms with Crippen molar-refractivity contribution >= 4 is 50.9 Å². The lowest BCUT2D eigenvalue weighted by Crippen LogP contribution is -2.58. The molecule has 56 heavy (non-hydrogen) atoms. The van der Waals surface area contributed by atoms with E-state index in [2.05, 4.69) is 184 Å². The second-order valence-corrected chi connectivity index (χ2v) is 20.9. The fourth-order valence-corrected chi connectivity index (χ4v) is 11.4. The van der Waals surface area contributed by atoms with Crippen LogP contribution in [0.2, 0.25) is 0 Å². The number of ether oxygens (including phenoxy) is 2. The Bertz CT molecular complexity index is 2530. The van der Waals surface area contributed by atoms with Crippen molar-refractivity contribution in [2.75, 3.05) is 4.90 Å². The third-order valence-electron chi connectivity index (χ3n) is 13.7. The molecule has 0 saturated carbocycles. The maximum absolute atomic E-state index is 7.18. The molecule has 0 spiro atoms. The second-order valence-electron chi connectivity index (χ2n) is 20.9. The number of rotatable bonds is 3. The molecule has 4 heteroatoms. The van der Waals surface area contributed by atoms with Gasteiger partial charge in [0, 0.05) is 29.0 Å². The average Bonchev–Trinajstić information content (AvgIpc) is 3.43. The third kappa shape index (κ3) is 5.24. The van der Waals surface area contributed by atoms with Crippen LogP contribution >= 0.6 is 0 Å². The van der Waals surface area contributed by atoms with Crippen molar-refractivity contribution in [1.82, 2.24) is 0 Å². The van der Waals surface area contributed by atoms with Crippen molar-refractivity contribution in [3.05, 3.63) is 131 Å². The Kier molecular flexibility index (Phi) is 7.18. The summed E-state index contributed by atoms with van der Waals surface area (Å²) in [6, 6.07) is 38.7. The van der Waals surface area contributed by atoms with Gasteiger partial charge < -0.3 is 14.4 Å². The largest absolute Gasteiger partial charge is 0.458 e. The van der Waals surface area contributed by atoms with E-state index >= 15 is 0 Å². The van der Waals surface area contributed by atoms with Crippen LogP contribution in [0, 0.1) is 0 Å². The number of nitrogens with zero attached hydrogens (tertiary/aromatic N) is 1. The second kappa shape index (κ2) is 11.3. The maximum Gasteiger partial charge on any atom is 0.260 e. The monoisotopic (exact) mass is 735 g/mol. The Labute approximate surface area is 334 Å². The standard InChI is InChI=1S/C52H54BNO2/c1-48(2,3)33-17-20-34(21-18-33)54(35-19-16-31-14-12-13-15-32(31)22-35)36-23-45-47-46(24-36)56-44-28-40-38(50(6,7)30-52(40,10)11)26-42(44)53(47)41-25-37-39(27-43(41)55-45)51(8,9)29-49(37,4)5/h12-28H,29-30H2,1-11H3. The molecule has 0 radical (unpaired) electrons. The first-order valence-corrected chi connectivity index (χ1v) is 20.6. The number of hydrogen-bond donors (Lipinski definition) is 0. The van der Waals surface area contributed by atoms with E-state index in [0.717, 1.165) is 58.4 Å². The van der Waals surface area contributed by atoms with Gasteiger partial charge in [-0.05, 0) is 126 Å². The summed E-state index contributed by atoms with van der Waals surface area (Å²) in [5.41, 5.74) is 14.1. The summed E-state index contributed by atoms with van der Waals surface area (Å²) < 4.78 is 14.4. The molecule has 0 aromatic heterocycles. The van der Waals surface area contributed by atoms with Gasteiger partial charge in [-0.3, -0.25) is 0 Å². The van der Waals surface area contributed by atoms with Gasteiger partial charge in [-0.2, -0.15) is 0 Å². The molecule has 6 aromatic carbocycles. The topological polar surface area (TPSA) is 21.7 Å². The molecule has 0 saturated heterocycles. The molecule has 3 nitrogen and oxygen atoms in total. The Morgan fingerprint density at radius 1 is 0.482 bits per heavy atom.